The van der Waals surface area contributed by atoms with Gasteiger partial charge in [0.1, 0.15) is 0 Å². The average Bonchev–Trinajstić information content (AvgIpc) is 1.69. The van der Waals surface area contributed by atoms with Crippen molar-refractivity contribution in [3.63, 3.8) is 0 Å². The molecule has 0 rings (SSSR count). The molecule has 0 aromatic heterocycles. The Balaban J connectivity index is 0. The number of nitriles is 1. The van der Waals surface area contributed by atoms with Crippen molar-refractivity contribution in [1.29, 1.82) is 5.26 Å². The molecule has 2 heteroatoms. The van der Waals surface area contributed by atoms with Gasteiger partial charge in [-0.05, 0) is 0 Å². The molecule has 0 aromatic carbocycles. The molecule has 0 saturated heterocycles. The number of hydrogen-bond acceptors (Lipinski definition) is 1. The molecule has 40 valence electrons. The van der Waals surface area contributed by atoms with Crippen molar-refractivity contribution in [2.75, 3.05) is 0 Å². The standard InChI is InChI=1S/C6H10N.Li/c1-2-3-4-5-6-7;/h5H,2-4H2,1H3;/q-1;+1. The zero-order chi connectivity index (χ0) is 5.54. The fraction of sp³-hybridized carbons (Fsp3) is 0.667. The maximum Gasteiger partial charge on any atom is 1.00 e. The minimum Gasteiger partial charge on any atom is -0.291 e. The summed E-state index contributed by atoms with van der Waals surface area (Å²) in [7, 11) is 0. The Hall–Kier alpha value is -0.0426. The van der Waals surface area contributed by atoms with E-state index < -0.39 is 0 Å². The monoisotopic (exact) mass is 103 g/mol. The van der Waals surface area contributed by atoms with Crippen LogP contribution in [0.2, 0.25) is 0 Å². The van der Waals surface area contributed by atoms with Gasteiger partial charge in [0, 0.05) is 0 Å². The molecule has 0 fully saturated rings. The van der Waals surface area contributed by atoms with Crippen molar-refractivity contribution >= 4 is 0 Å². The molecule has 0 heterocycles. The zero-order valence-corrected chi connectivity index (χ0v) is 5.65. The molecule has 0 saturated carbocycles. The normalized spacial score (nSPS) is 6.50. The molecule has 8 heavy (non-hydrogen) atoms. The molecule has 0 aliphatic rings. The second kappa shape index (κ2) is 10.0. The molecule has 0 radical (unpaired) electrons. The summed E-state index contributed by atoms with van der Waals surface area (Å²) >= 11 is 0. The summed E-state index contributed by atoms with van der Waals surface area (Å²) in [5, 5.41) is 7.99. The van der Waals surface area contributed by atoms with E-state index in [1.165, 1.54) is 6.42 Å². The van der Waals surface area contributed by atoms with E-state index in [9.17, 15) is 0 Å². The molecule has 0 bridgehead atoms. The minimum atomic E-state index is 0. The van der Waals surface area contributed by atoms with E-state index in [1.54, 1.807) is 6.42 Å². The maximum atomic E-state index is 7.99. The van der Waals surface area contributed by atoms with Crippen LogP contribution in [0, 0.1) is 17.8 Å². The fourth-order valence-corrected chi connectivity index (χ4v) is 0.371. The van der Waals surface area contributed by atoms with Gasteiger partial charge in [-0.3, -0.25) is 6.42 Å². The van der Waals surface area contributed by atoms with Crippen molar-refractivity contribution in [2.45, 2.75) is 26.2 Å². The summed E-state index contributed by atoms with van der Waals surface area (Å²) < 4.78 is 0. The van der Waals surface area contributed by atoms with Gasteiger partial charge in [-0.2, -0.15) is 6.42 Å². The number of hydrogen-bond donors (Lipinski definition) is 0. The van der Waals surface area contributed by atoms with Gasteiger partial charge in [0.05, 0.1) is 0 Å². The number of rotatable bonds is 3. The molecular weight excluding hydrogens is 93.0 g/mol. The van der Waals surface area contributed by atoms with E-state index in [4.69, 9.17) is 5.26 Å². The first-order valence-corrected chi connectivity index (χ1v) is 2.63. The van der Waals surface area contributed by atoms with Gasteiger partial charge >= 0.3 is 18.9 Å². The Morgan fingerprint density at radius 3 is 2.62 bits per heavy atom. The Bertz CT molecular complexity index is 65.4. The largest absolute Gasteiger partial charge is 1.00 e. The molecule has 0 aliphatic carbocycles. The Morgan fingerprint density at radius 1 is 1.62 bits per heavy atom. The topological polar surface area (TPSA) is 23.8 Å². The van der Waals surface area contributed by atoms with Crippen molar-refractivity contribution in [3.05, 3.63) is 6.42 Å². The maximum absolute atomic E-state index is 7.99. The van der Waals surface area contributed by atoms with E-state index in [-0.39, 0.29) is 18.9 Å². The summed E-state index contributed by atoms with van der Waals surface area (Å²) in [5.41, 5.74) is 0. The number of unbranched alkanes of at least 4 members (excludes halogenated alkanes) is 3. The predicted octanol–water partition coefficient (Wildman–Crippen LogP) is -1.09. The third-order valence-electron chi connectivity index (χ3n) is 0.793. The Morgan fingerprint density at radius 2 is 2.25 bits per heavy atom. The zero-order valence-electron chi connectivity index (χ0n) is 5.65. The third kappa shape index (κ3) is 9.35. The van der Waals surface area contributed by atoms with Crippen LogP contribution in [0.15, 0.2) is 0 Å². The van der Waals surface area contributed by atoms with Gasteiger partial charge < -0.3 is 0 Å². The predicted molar refractivity (Wildman–Crippen MR) is 29.4 cm³/mol. The molecule has 0 aliphatic heterocycles. The van der Waals surface area contributed by atoms with Gasteiger partial charge in [-0.25, -0.2) is 5.26 Å². The van der Waals surface area contributed by atoms with Crippen molar-refractivity contribution < 1.29 is 18.9 Å². The van der Waals surface area contributed by atoms with Gasteiger partial charge in [-0.1, -0.05) is 19.8 Å². The molecule has 0 N–H and O–H groups in total. The van der Waals surface area contributed by atoms with E-state index in [0.29, 0.717) is 0 Å². The van der Waals surface area contributed by atoms with Gasteiger partial charge in [0.2, 0.25) is 0 Å². The van der Waals surface area contributed by atoms with E-state index in [1.807, 2.05) is 6.07 Å². The average molecular weight is 103 g/mol. The van der Waals surface area contributed by atoms with Crippen LogP contribution in [0.3, 0.4) is 0 Å². The molecule has 0 amide bonds. The first-order valence-electron chi connectivity index (χ1n) is 2.63. The molecule has 0 aromatic rings. The second-order valence-electron chi connectivity index (χ2n) is 1.48. The van der Waals surface area contributed by atoms with E-state index in [2.05, 4.69) is 6.92 Å². The minimum absolute atomic E-state index is 0. The molecule has 1 nitrogen and oxygen atoms in total. The molecule has 0 atom stereocenters. The summed E-state index contributed by atoms with van der Waals surface area (Å²) in [6.07, 6.45) is 4.92. The van der Waals surface area contributed by atoms with Crippen LogP contribution in [0.1, 0.15) is 26.2 Å². The molecule has 0 unspecified atom stereocenters. The Labute approximate surface area is 63.3 Å². The quantitative estimate of drug-likeness (QED) is 0.253. The number of nitrogens with zero attached hydrogens (tertiary/aromatic N) is 1. The van der Waals surface area contributed by atoms with Crippen LogP contribution in [-0.4, -0.2) is 0 Å². The SMILES string of the molecule is CCCC[CH-]C#N.[Li+]. The van der Waals surface area contributed by atoms with Gasteiger partial charge in [-0.15, -0.1) is 6.07 Å². The van der Waals surface area contributed by atoms with Crippen LogP contribution >= 0.6 is 0 Å². The second-order valence-corrected chi connectivity index (χ2v) is 1.48. The van der Waals surface area contributed by atoms with Gasteiger partial charge in [0.15, 0.2) is 0 Å². The van der Waals surface area contributed by atoms with E-state index in [0.717, 1.165) is 12.8 Å². The molecule has 0 spiro atoms. The third-order valence-corrected chi connectivity index (χ3v) is 0.793. The van der Waals surface area contributed by atoms with Crippen molar-refractivity contribution in [3.8, 4) is 6.07 Å². The van der Waals surface area contributed by atoms with E-state index >= 15 is 0 Å². The fourth-order valence-electron chi connectivity index (χ4n) is 0.371. The smallest absolute Gasteiger partial charge is 0.291 e. The first kappa shape index (κ1) is 10.9. The van der Waals surface area contributed by atoms with Crippen molar-refractivity contribution in [2.24, 2.45) is 0 Å². The van der Waals surface area contributed by atoms with Crippen LogP contribution in [0.5, 0.6) is 0 Å². The summed E-state index contributed by atoms with van der Waals surface area (Å²) in [6, 6.07) is 1.98. The summed E-state index contributed by atoms with van der Waals surface area (Å²) in [4.78, 5) is 0. The first-order chi connectivity index (χ1) is 3.41. The van der Waals surface area contributed by atoms with Crippen LogP contribution in [-0.2, 0) is 0 Å². The summed E-state index contributed by atoms with van der Waals surface area (Å²) in [5.74, 6) is 0. The molecular formula is C6H10LiN. The van der Waals surface area contributed by atoms with Crippen LogP contribution in [0.4, 0.5) is 0 Å². The Kier molecular flexibility index (Phi) is 13.6. The van der Waals surface area contributed by atoms with Crippen molar-refractivity contribution in [1.82, 2.24) is 0 Å². The van der Waals surface area contributed by atoms with Gasteiger partial charge in [0.25, 0.3) is 0 Å². The summed E-state index contributed by atoms with van der Waals surface area (Å²) in [6.45, 7) is 2.12. The van der Waals surface area contributed by atoms with Crippen LogP contribution < -0.4 is 18.9 Å². The van der Waals surface area contributed by atoms with Crippen LogP contribution in [0.25, 0.3) is 0 Å².